The lowest BCUT2D eigenvalue weighted by molar-refractivity contribution is -0.128. The lowest BCUT2D eigenvalue weighted by Crippen LogP contribution is -2.25. The molecule has 0 aliphatic heterocycles. The zero-order valence-electron chi connectivity index (χ0n) is 22.7. The third kappa shape index (κ3) is 7.18. The number of hydrogen-bond acceptors (Lipinski definition) is 6. The van der Waals surface area contributed by atoms with Crippen molar-refractivity contribution in [3.63, 3.8) is 0 Å². The van der Waals surface area contributed by atoms with Crippen molar-refractivity contribution < 1.29 is 24.5 Å². The number of aromatic hydroxyl groups is 2. The van der Waals surface area contributed by atoms with Gasteiger partial charge in [0.05, 0.1) is 13.5 Å². The normalized spacial score (nSPS) is 16.2. The second kappa shape index (κ2) is 13.3. The molecule has 0 saturated heterocycles. The molecule has 1 aliphatic carbocycles. The molecule has 0 fully saturated rings. The Kier molecular flexibility index (Phi) is 9.60. The average Bonchev–Trinajstić information content (AvgIpc) is 3.41. The summed E-state index contributed by atoms with van der Waals surface area (Å²) in [5.41, 5.74) is 4.66. The van der Waals surface area contributed by atoms with Crippen molar-refractivity contribution in [3.05, 3.63) is 82.7 Å². The molecular weight excluding hydrogens is 492 g/mol. The van der Waals surface area contributed by atoms with Gasteiger partial charge in [-0.25, -0.2) is 0 Å². The molecule has 2 unspecified atom stereocenters. The van der Waals surface area contributed by atoms with Gasteiger partial charge in [-0.15, -0.1) is 5.69 Å². The minimum atomic E-state index is -0.345. The number of fused-ring (bicyclic) bond motifs is 1. The molecule has 7 heteroatoms. The number of hydrogen-bond donors (Lipinski definition) is 3. The van der Waals surface area contributed by atoms with Gasteiger partial charge in [0.2, 0.25) is 0 Å². The summed E-state index contributed by atoms with van der Waals surface area (Å²) in [7, 11) is 3.30. The Bertz CT molecular complexity index is 1330. The predicted molar refractivity (Wildman–Crippen MR) is 151 cm³/mol. The van der Waals surface area contributed by atoms with Crippen LogP contribution in [-0.4, -0.2) is 35.9 Å². The number of aromatic nitrogens is 1. The lowest BCUT2D eigenvalue weighted by atomic mass is 9.75. The molecule has 0 bridgehead atoms. The van der Waals surface area contributed by atoms with Crippen LogP contribution >= 0.6 is 0 Å². The first-order valence-corrected chi connectivity index (χ1v) is 13.5. The van der Waals surface area contributed by atoms with Crippen molar-refractivity contribution in [2.75, 3.05) is 14.2 Å². The minimum absolute atomic E-state index is 0.00226. The van der Waals surface area contributed by atoms with E-state index in [1.54, 1.807) is 31.4 Å². The molecule has 3 aromatic rings. The second-order valence-corrected chi connectivity index (χ2v) is 10.2. The van der Waals surface area contributed by atoms with E-state index in [2.05, 4.69) is 10.3 Å². The largest absolute Gasteiger partial charge is 0.664 e. The van der Waals surface area contributed by atoms with E-state index in [1.807, 2.05) is 36.4 Å². The van der Waals surface area contributed by atoms with Crippen LogP contribution in [0.15, 0.2) is 54.7 Å². The Morgan fingerprint density at radius 2 is 1.90 bits per heavy atom. The van der Waals surface area contributed by atoms with E-state index in [0.29, 0.717) is 24.3 Å². The first kappa shape index (κ1) is 28.2. The fourth-order valence-corrected chi connectivity index (χ4v) is 5.44. The van der Waals surface area contributed by atoms with Crippen LogP contribution in [0.5, 0.6) is 17.2 Å². The summed E-state index contributed by atoms with van der Waals surface area (Å²) in [6, 6.07) is 12.9. The minimum Gasteiger partial charge on any atom is -0.664 e. The number of Topliss-reactive ketones (excluding diaryl/α,β-unsaturated/α-hetero) is 2. The van der Waals surface area contributed by atoms with E-state index in [4.69, 9.17) is 4.74 Å². The van der Waals surface area contributed by atoms with E-state index in [9.17, 15) is 19.8 Å². The molecule has 4 rings (SSSR count). The van der Waals surface area contributed by atoms with E-state index in [0.717, 1.165) is 48.1 Å². The summed E-state index contributed by atoms with van der Waals surface area (Å²) in [4.78, 5) is 30.7. The molecule has 0 amide bonds. The van der Waals surface area contributed by atoms with E-state index >= 15 is 0 Å². The number of methoxy groups -OCH3 is 1. The highest BCUT2D eigenvalue weighted by molar-refractivity contribution is 6.01. The van der Waals surface area contributed by atoms with Crippen LogP contribution in [0, 0.1) is 5.92 Å². The number of nitrogens with one attached hydrogen (secondary N) is 1. The number of ether oxygens (including phenoxy) is 1. The van der Waals surface area contributed by atoms with Gasteiger partial charge in [0, 0.05) is 24.4 Å². The third-order valence-electron chi connectivity index (χ3n) is 7.44. The van der Waals surface area contributed by atoms with Gasteiger partial charge in [0.1, 0.15) is 17.3 Å². The fraction of sp³-hybridized carbons (Fsp3) is 0.375. The van der Waals surface area contributed by atoms with Crippen LogP contribution in [0.4, 0.5) is 0 Å². The zero-order valence-corrected chi connectivity index (χ0v) is 22.7. The van der Waals surface area contributed by atoms with Crippen LogP contribution in [0.2, 0.25) is 0 Å². The number of carbonyl (C=O) groups excluding carboxylic acids is 2. The Morgan fingerprint density at radius 3 is 2.67 bits per heavy atom. The van der Waals surface area contributed by atoms with Crippen molar-refractivity contribution in [2.24, 2.45) is 5.92 Å². The number of nitrogens with zero attached hydrogens (tertiary/aromatic N) is 1. The first-order chi connectivity index (χ1) is 18.9. The Labute approximate surface area is 229 Å². The number of ketones is 2. The van der Waals surface area contributed by atoms with Crippen molar-refractivity contribution >= 4 is 17.6 Å². The maximum atomic E-state index is 13.4. The van der Waals surface area contributed by atoms with Gasteiger partial charge in [-0.1, -0.05) is 48.4 Å². The summed E-state index contributed by atoms with van der Waals surface area (Å²) in [6.07, 6.45) is 9.76. The number of aryl methyl sites for hydroxylation is 2. The van der Waals surface area contributed by atoms with Gasteiger partial charge in [-0.2, -0.15) is 6.20 Å². The van der Waals surface area contributed by atoms with Crippen LogP contribution in [-0.2, 0) is 29.0 Å². The van der Waals surface area contributed by atoms with E-state index in [-0.39, 0.29) is 47.7 Å². The molecule has 7 nitrogen and oxygen atoms in total. The Morgan fingerprint density at radius 1 is 1.05 bits per heavy atom. The molecule has 3 N–H and O–H groups in total. The number of phenolic OH excluding ortho intramolecular Hbond substituents is 2. The quantitative estimate of drug-likeness (QED) is 0.197. The van der Waals surface area contributed by atoms with Crippen molar-refractivity contribution in [1.82, 2.24) is 10.3 Å². The van der Waals surface area contributed by atoms with Gasteiger partial charge in [0.15, 0.2) is 11.5 Å². The molecule has 0 saturated carbocycles. The van der Waals surface area contributed by atoms with Gasteiger partial charge in [0.25, 0.3) is 0 Å². The molecule has 1 aliphatic rings. The highest BCUT2D eigenvalue weighted by atomic mass is 16.5. The van der Waals surface area contributed by atoms with Gasteiger partial charge >= 0.3 is 0 Å². The lowest BCUT2D eigenvalue weighted by Gasteiger charge is -2.30. The van der Waals surface area contributed by atoms with E-state index < -0.39 is 0 Å². The van der Waals surface area contributed by atoms with E-state index in [1.165, 1.54) is 7.11 Å². The van der Waals surface area contributed by atoms with Gasteiger partial charge in [-0.05, 0) is 68.0 Å². The molecule has 206 valence electrons. The topological polar surface area (TPSA) is 110 Å². The first-order valence-electron chi connectivity index (χ1n) is 13.5. The zero-order chi connectivity index (χ0) is 27.8. The third-order valence-corrected chi connectivity index (χ3v) is 7.44. The summed E-state index contributed by atoms with van der Waals surface area (Å²) < 4.78 is 5.29. The number of benzene rings is 2. The fourth-order valence-electron chi connectivity index (χ4n) is 5.44. The molecule has 2 aromatic carbocycles. The molecule has 2 atom stereocenters. The molecule has 1 aromatic heterocycles. The summed E-state index contributed by atoms with van der Waals surface area (Å²) in [5, 5.41) is 23.0. The molecule has 0 radical (unpaired) electrons. The van der Waals surface area contributed by atoms with Crippen molar-refractivity contribution in [2.45, 2.75) is 57.4 Å². The van der Waals surface area contributed by atoms with Gasteiger partial charge in [-0.3, -0.25) is 9.59 Å². The summed E-state index contributed by atoms with van der Waals surface area (Å²) >= 11 is 0. The standard InChI is InChI=1S/C32H37N2O5/c1-33-20-23-16-22(18-31(39-2)32(23)38)10-11-25(36)19-30(37)28-12-13-29-27(14-15-34-29)26(28)9-4-3-6-21-7-5-8-24(35)17-21/h5,7-8,12-18,26,28,33,35,38H,3-4,6,9-11,19-20H2,1-2H3/q-1. The maximum absolute atomic E-state index is 13.4. The summed E-state index contributed by atoms with van der Waals surface area (Å²) in [5.74, 6) is 0.251. The maximum Gasteiger partial charge on any atom is 0.162 e. The Hall–Kier alpha value is -3.84. The molecule has 0 spiro atoms. The average molecular weight is 530 g/mol. The monoisotopic (exact) mass is 529 g/mol. The second-order valence-electron chi connectivity index (χ2n) is 10.2. The molecule has 39 heavy (non-hydrogen) atoms. The van der Waals surface area contributed by atoms with Crippen molar-refractivity contribution in [1.29, 1.82) is 0 Å². The van der Waals surface area contributed by atoms with Crippen LogP contribution in [0.25, 0.3) is 6.08 Å². The smallest absolute Gasteiger partial charge is 0.162 e. The Balaban J connectivity index is 1.35. The number of phenols is 2. The number of rotatable bonds is 14. The number of carbonyl (C=O) groups is 2. The van der Waals surface area contributed by atoms with Gasteiger partial charge < -0.3 is 25.3 Å². The van der Waals surface area contributed by atoms with Crippen LogP contribution in [0.1, 0.15) is 66.0 Å². The molecular formula is C32H37N2O5-. The highest BCUT2D eigenvalue weighted by Crippen LogP contribution is 2.38. The molecule has 1 heterocycles. The summed E-state index contributed by atoms with van der Waals surface area (Å²) in [6.45, 7) is 0.476. The number of allylic oxidation sites excluding steroid dienone is 1. The highest BCUT2D eigenvalue weighted by Gasteiger charge is 2.30. The van der Waals surface area contributed by atoms with Crippen LogP contribution < -0.4 is 15.0 Å². The SMILES string of the molecule is CNCc1cc(CCC(=O)CC(=O)C2C=Cc3[n-]ccc3C2CCCCc2cccc(O)c2)cc(OC)c1O. The number of unbranched alkanes of at least 4 members (excludes halogenated alkanes) is 1. The van der Waals surface area contributed by atoms with Crippen LogP contribution in [0.3, 0.4) is 0 Å². The predicted octanol–water partition coefficient (Wildman–Crippen LogP) is 5.08. The van der Waals surface area contributed by atoms with Crippen molar-refractivity contribution in [3.8, 4) is 17.2 Å².